The molecule has 2 aromatic rings. The summed E-state index contributed by atoms with van der Waals surface area (Å²) in [6.07, 6.45) is 1.92. The van der Waals surface area contributed by atoms with Crippen LogP contribution in [0.3, 0.4) is 0 Å². The normalized spacial score (nSPS) is 13.5. The average molecular weight is 457 g/mol. The number of phosphoric ester groups is 1. The number of aryl methyl sites for hydroxylation is 1. The van der Waals surface area contributed by atoms with Crippen molar-refractivity contribution < 1.29 is 42.3 Å². The Bertz CT molecular complexity index is 887. The van der Waals surface area contributed by atoms with E-state index in [1.165, 1.54) is 11.3 Å². The Hall–Kier alpha value is -1.27. The highest BCUT2D eigenvalue weighted by molar-refractivity contribution is 7.60. The molecule has 0 aliphatic carbocycles. The number of aromatic nitrogens is 3. The van der Waals surface area contributed by atoms with E-state index in [-0.39, 0.29) is 13.0 Å². The molecule has 0 aromatic carbocycles. The minimum absolute atomic E-state index is 0.245. The number of thiazole rings is 1. The molecular formula is C13H23N4O8P2S+. The molecule has 2 heterocycles. The van der Waals surface area contributed by atoms with Crippen LogP contribution in [0.4, 0.5) is 5.82 Å². The molecule has 2 aromatic heterocycles. The van der Waals surface area contributed by atoms with Crippen LogP contribution in [0, 0.1) is 13.8 Å². The Kier molecular flexibility index (Phi) is 9.28. The van der Waals surface area contributed by atoms with Crippen LogP contribution in [0.5, 0.6) is 0 Å². The van der Waals surface area contributed by atoms with Crippen molar-refractivity contribution in [3.8, 4) is 0 Å². The standard InChI is InChI=1S/C12H18N4O7P2S.CH4O/c1-8-11(3-4-22-25(20,21)23-24(17,18)19)26-7-16(8)6-10-5-14-9(2)15-12(10)13;1-2/h5,7H,3-4,6H2,1-2H3,(H4-,13,14,15,17,18,19,20,21);2H,1H3/p+1. The molecule has 0 bridgehead atoms. The Morgan fingerprint density at radius 1 is 1.25 bits per heavy atom. The summed E-state index contributed by atoms with van der Waals surface area (Å²) in [4.78, 5) is 35.4. The smallest absolute Gasteiger partial charge is 0.400 e. The predicted molar refractivity (Wildman–Crippen MR) is 100 cm³/mol. The third-order valence-corrected chi connectivity index (χ3v) is 6.64. The van der Waals surface area contributed by atoms with Gasteiger partial charge in [0.25, 0.3) is 0 Å². The van der Waals surface area contributed by atoms with Crippen molar-refractivity contribution >= 4 is 32.8 Å². The van der Waals surface area contributed by atoms with Gasteiger partial charge in [0.15, 0.2) is 12.2 Å². The SMILES string of the molecule is CO.Cc1ncc(C[n+]2csc(CCOP(=O)(O)OP(=O)(O)O)c2C)c(N)n1. The largest absolute Gasteiger partial charge is 0.481 e. The second-order valence-electron chi connectivity index (χ2n) is 5.31. The van der Waals surface area contributed by atoms with Crippen molar-refractivity contribution in [2.75, 3.05) is 19.5 Å². The first kappa shape index (κ1) is 24.8. The minimum atomic E-state index is -5.12. The lowest BCUT2D eigenvalue weighted by Crippen LogP contribution is -2.35. The van der Waals surface area contributed by atoms with Crippen molar-refractivity contribution in [3.63, 3.8) is 0 Å². The molecule has 1 unspecified atom stereocenters. The number of nitrogens with two attached hydrogens (primary N) is 1. The molecule has 1 atom stereocenters. The second kappa shape index (κ2) is 10.5. The first-order chi connectivity index (χ1) is 13.0. The summed E-state index contributed by atoms with van der Waals surface area (Å²) >= 11 is 1.40. The molecule has 0 fully saturated rings. The molecule has 0 aliphatic heterocycles. The fourth-order valence-electron chi connectivity index (χ4n) is 2.08. The van der Waals surface area contributed by atoms with Gasteiger partial charge in [-0.25, -0.2) is 19.1 Å². The summed E-state index contributed by atoms with van der Waals surface area (Å²) in [7, 11) is -8.94. The van der Waals surface area contributed by atoms with E-state index in [1.807, 2.05) is 17.0 Å². The molecule has 0 saturated heterocycles. The lowest BCUT2D eigenvalue weighted by Gasteiger charge is -2.11. The molecule has 0 radical (unpaired) electrons. The van der Waals surface area contributed by atoms with Gasteiger partial charge in [0.1, 0.15) is 11.6 Å². The molecule has 0 saturated carbocycles. The maximum Gasteiger partial charge on any atom is 0.481 e. The number of nitrogen functional groups attached to an aromatic ring is 1. The van der Waals surface area contributed by atoms with Crippen molar-refractivity contribution in [2.24, 2.45) is 0 Å². The van der Waals surface area contributed by atoms with Crippen LogP contribution in [-0.4, -0.2) is 43.5 Å². The zero-order valence-electron chi connectivity index (χ0n) is 15.4. The van der Waals surface area contributed by atoms with E-state index in [2.05, 4.69) is 18.8 Å². The Morgan fingerprint density at radius 2 is 1.89 bits per heavy atom. The molecular weight excluding hydrogens is 434 g/mol. The van der Waals surface area contributed by atoms with E-state index in [0.29, 0.717) is 18.2 Å². The number of rotatable bonds is 8. The van der Waals surface area contributed by atoms with Crippen LogP contribution in [0.2, 0.25) is 0 Å². The quantitative estimate of drug-likeness (QED) is 0.273. The van der Waals surface area contributed by atoms with Gasteiger partial charge in [0.05, 0.1) is 17.0 Å². The van der Waals surface area contributed by atoms with Crippen molar-refractivity contribution in [2.45, 2.75) is 26.8 Å². The van der Waals surface area contributed by atoms with Gasteiger partial charge in [-0.1, -0.05) is 11.3 Å². The van der Waals surface area contributed by atoms with E-state index in [4.69, 9.17) is 20.6 Å². The minimum Gasteiger partial charge on any atom is -0.400 e. The van der Waals surface area contributed by atoms with Gasteiger partial charge >= 0.3 is 15.6 Å². The van der Waals surface area contributed by atoms with Gasteiger partial charge in [0, 0.05) is 26.7 Å². The Labute approximate surface area is 165 Å². The predicted octanol–water partition coefficient (Wildman–Crippen LogP) is 0.450. The van der Waals surface area contributed by atoms with E-state index >= 15 is 0 Å². The summed E-state index contributed by atoms with van der Waals surface area (Å²) in [5, 5.41) is 7.00. The fourth-order valence-corrected chi connectivity index (χ4v) is 4.64. The molecule has 0 aliphatic rings. The number of hydrogen-bond acceptors (Lipinski definition) is 9. The van der Waals surface area contributed by atoms with Gasteiger partial charge in [-0.05, 0) is 6.92 Å². The van der Waals surface area contributed by atoms with Crippen LogP contribution in [0.15, 0.2) is 11.7 Å². The zero-order valence-corrected chi connectivity index (χ0v) is 18.0. The van der Waals surface area contributed by atoms with Gasteiger partial charge in [0.2, 0.25) is 5.51 Å². The highest BCUT2D eigenvalue weighted by Crippen LogP contribution is 2.57. The summed E-state index contributed by atoms with van der Waals surface area (Å²) < 4.78 is 32.2. The number of nitrogens with zero attached hydrogens (tertiary/aromatic N) is 3. The zero-order chi connectivity index (χ0) is 21.5. The summed E-state index contributed by atoms with van der Waals surface area (Å²) in [6.45, 7) is 3.83. The monoisotopic (exact) mass is 457 g/mol. The first-order valence-corrected chi connectivity index (χ1v) is 11.6. The fraction of sp³-hybridized carbons (Fsp3) is 0.462. The van der Waals surface area contributed by atoms with Crippen LogP contribution in [0.1, 0.15) is 22.0 Å². The molecule has 158 valence electrons. The number of aliphatic hydroxyl groups is 1. The molecule has 2 rings (SSSR count). The maximum atomic E-state index is 11.4. The molecule has 0 amide bonds. The maximum absolute atomic E-state index is 11.4. The van der Waals surface area contributed by atoms with Crippen molar-refractivity contribution in [1.29, 1.82) is 0 Å². The molecule has 12 nitrogen and oxygen atoms in total. The van der Waals surface area contributed by atoms with Crippen molar-refractivity contribution in [3.05, 3.63) is 33.7 Å². The van der Waals surface area contributed by atoms with E-state index in [0.717, 1.165) is 23.2 Å². The Morgan fingerprint density at radius 3 is 2.46 bits per heavy atom. The highest BCUT2D eigenvalue weighted by Gasteiger charge is 2.32. The van der Waals surface area contributed by atoms with Gasteiger partial charge in [-0.15, -0.1) is 0 Å². The molecule has 0 spiro atoms. The van der Waals surface area contributed by atoms with Crippen molar-refractivity contribution in [1.82, 2.24) is 9.97 Å². The third kappa shape index (κ3) is 8.00. The van der Waals surface area contributed by atoms with E-state index < -0.39 is 15.6 Å². The number of phosphoric acid groups is 2. The van der Waals surface area contributed by atoms with Gasteiger partial charge in [-0.2, -0.15) is 8.88 Å². The summed E-state index contributed by atoms with van der Waals surface area (Å²) in [5.41, 5.74) is 9.40. The van der Waals surface area contributed by atoms with Crippen LogP contribution < -0.4 is 10.3 Å². The topological polar surface area (TPSA) is 189 Å². The van der Waals surface area contributed by atoms with E-state index in [1.54, 1.807) is 13.1 Å². The number of aliphatic hydroxyl groups excluding tert-OH is 1. The average Bonchev–Trinajstić information content (AvgIpc) is 2.90. The second-order valence-corrected chi connectivity index (χ2v) is 9.08. The summed E-state index contributed by atoms with van der Waals surface area (Å²) in [5.74, 6) is 0.985. The van der Waals surface area contributed by atoms with Crippen LogP contribution >= 0.6 is 27.0 Å². The highest BCUT2D eigenvalue weighted by atomic mass is 32.1. The molecule has 6 N–H and O–H groups in total. The Balaban J connectivity index is 0.00000190. The number of anilines is 1. The third-order valence-electron chi connectivity index (χ3n) is 3.31. The van der Waals surface area contributed by atoms with Crippen LogP contribution in [-0.2, 0) is 30.9 Å². The van der Waals surface area contributed by atoms with Gasteiger partial charge < -0.3 is 25.5 Å². The summed E-state index contributed by atoms with van der Waals surface area (Å²) in [6, 6.07) is 0. The lowest BCUT2D eigenvalue weighted by molar-refractivity contribution is -0.689. The molecule has 28 heavy (non-hydrogen) atoms. The number of hydrogen-bond donors (Lipinski definition) is 5. The van der Waals surface area contributed by atoms with Crippen LogP contribution in [0.25, 0.3) is 0 Å². The molecule has 15 heteroatoms. The first-order valence-electron chi connectivity index (χ1n) is 7.70. The van der Waals surface area contributed by atoms with E-state index in [9.17, 15) is 14.0 Å². The van der Waals surface area contributed by atoms with Gasteiger partial charge in [-0.3, -0.25) is 4.52 Å². The lowest BCUT2D eigenvalue weighted by atomic mass is 10.2.